The van der Waals surface area contributed by atoms with Gasteiger partial charge in [-0.15, -0.1) is 0 Å². The van der Waals surface area contributed by atoms with Crippen LogP contribution >= 0.6 is 27.5 Å². The number of hydrogen-bond acceptors (Lipinski definition) is 4. The third-order valence-corrected chi connectivity index (χ3v) is 7.18. The van der Waals surface area contributed by atoms with E-state index in [1.54, 1.807) is 60.4 Å². The van der Waals surface area contributed by atoms with Crippen LogP contribution in [0.1, 0.15) is 6.92 Å². The molecule has 6 nitrogen and oxygen atoms in total. The van der Waals surface area contributed by atoms with Crippen molar-refractivity contribution in [3.05, 3.63) is 58.0 Å². The summed E-state index contributed by atoms with van der Waals surface area (Å²) in [4.78, 5) is 14.6. The zero-order valence-electron chi connectivity index (χ0n) is 15.2. The lowest BCUT2D eigenvalue weighted by atomic mass is 10.2. The van der Waals surface area contributed by atoms with E-state index in [-0.39, 0.29) is 23.9 Å². The lowest BCUT2D eigenvalue weighted by Crippen LogP contribution is -2.53. The highest BCUT2D eigenvalue weighted by molar-refractivity contribution is 9.10. The Morgan fingerprint density at radius 1 is 1.11 bits per heavy atom. The Balaban J connectivity index is 1.60. The van der Waals surface area contributed by atoms with E-state index in [1.807, 2.05) is 0 Å². The van der Waals surface area contributed by atoms with Gasteiger partial charge in [-0.1, -0.05) is 45.7 Å². The summed E-state index contributed by atoms with van der Waals surface area (Å²) >= 11 is 9.46. The summed E-state index contributed by atoms with van der Waals surface area (Å²) in [6.45, 7) is 2.77. The summed E-state index contributed by atoms with van der Waals surface area (Å²) in [6.07, 6.45) is -0.726. The summed E-state index contributed by atoms with van der Waals surface area (Å²) < 4.78 is 33.3. The Hall–Kier alpha value is -1.61. The van der Waals surface area contributed by atoms with Crippen molar-refractivity contribution < 1.29 is 17.9 Å². The Kier molecular flexibility index (Phi) is 6.65. The van der Waals surface area contributed by atoms with Crippen molar-refractivity contribution in [3.63, 3.8) is 0 Å². The van der Waals surface area contributed by atoms with Crippen LogP contribution in [-0.4, -0.2) is 55.8 Å². The molecule has 0 unspecified atom stereocenters. The van der Waals surface area contributed by atoms with Crippen LogP contribution < -0.4 is 4.74 Å². The molecule has 0 bridgehead atoms. The summed E-state index contributed by atoms with van der Waals surface area (Å²) in [5, 5.41) is 0.410. The highest BCUT2D eigenvalue weighted by atomic mass is 79.9. The molecule has 3 rings (SSSR count). The second kappa shape index (κ2) is 8.82. The Morgan fingerprint density at radius 3 is 2.36 bits per heavy atom. The molecule has 1 saturated heterocycles. The van der Waals surface area contributed by atoms with Gasteiger partial charge in [-0.2, -0.15) is 4.31 Å². The molecule has 0 aromatic heterocycles. The van der Waals surface area contributed by atoms with Crippen molar-refractivity contribution in [2.75, 3.05) is 26.2 Å². The summed E-state index contributed by atoms with van der Waals surface area (Å²) in [6, 6.07) is 13.5. The molecular formula is C19H20BrClN2O4S. The first kappa shape index (κ1) is 21.1. The number of carbonyl (C=O) groups is 1. The first-order valence-corrected chi connectivity index (χ1v) is 11.4. The summed E-state index contributed by atoms with van der Waals surface area (Å²) in [5.41, 5.74) is 0. The van der Waals surface area contributed by atoms with Crippen molar-refractivity contribution in [1.29, 1.82) is 0 Å². The zero-order chi connectivity index (χ0) is 20.3. The minimum absolute atomic E-state index is 0.198. The Bertz CT molecular complexity index is 948. The van der Waals surface area contributed by atoms with Crippen molar-refractivity contribution in [2.45, 2.75) is 17.9 Å². The van der Waals surface area contributed by atoms with Crippen LogP contribution in [0, 0.1) is 0 Å². The van der Waals surface area contributed by atoms with Crippen LogP contribution in [0.15, 0.2) is 57.9 Å². The van der Waals surface area contributed by atoms with E-state index in [9.17, 15) is 13.2 Å². The molecule has 28 heavy (non-hydrogen) atoms. The normalized spacial score (nSPS) is 16.6. The number of sulfonamides is 1. The van der Waals surface area contributed by atoms with Gasteiger partial charge < -0.3 is 9.64 Å². The smallest absolute Gasteiger partial charge is 0.263 e. The average molecular weight is 488 g/mol. The number of halogens is 2. The highest BCUT2D eigenvalue weighted by Crippen LogP contribution is 2.29. The van der Waals surface area contributed by atoms with Gasteiger partial charge in [0.15, 0.2) is 6.10 Å². The van der Waals surface area contributed by atoms with E-state index in [4.69, 9.17) is 16.3 Å². The quantitative estimate of drug-likeness (QED) is 0.648. The van der Waals surface area contributed by atoms with Gasteiger partial charge in [0.25, 0.3) is 5.91 Å². The monoisotopic (exact) mass is 486 g/mol. The van der Waals surface area contributed by atoms with E-state index in [1.165, 1.54) is 4.31 Å². The predicted octanol–water partition coefficient (Wildman–Crippen LogP) is 3.40. The number of piperazine rings is 1. The fourth-order valence-corrected chi connectivity index (χ4v) is 5.12. The fraction of sp³-hybridized carbons (Fsp3) is 0.316. The highest BCUT2D eigenvalue weighted by Gasteiger charge is 2.32. The fourth-order valence-electron chi connectivity index (χ4n) is 2.96. The van der Waals surface area contributed by atoms with Gasteiger partial charge in [0.05, 0.1) is 9.92 Å². The molecule has 1 amide bonds. The van der Waals surface area contributed by atoms with Gasteiger partial charge in [-0.05, 0) is 37.3 Å². The average Bonchev–Trinajstić information content (AvgIpc) is 2.70. The third-order valence-electron chi connectivity index (χ3n) is 4.48. The minimum atomic E-state index is -3.55. The molecule has 0 spiro atoms. The van der Waals surface area contributed by atoms with E-state index in [0.29, 0.717) is 23.9 Å². The molecular weight excluding hydrogens is 468 g/mol. The SMILES string of the molecule is C[C@@H](Oc1ccc(Br)cc1Cl)C(=O)N1CCN(S(=O)(=O)c2ccccc2)CC1. The van der Waals surface area contributed by atoms with Gasteiger partial charge in [-0.25, -0.2) is 8.42 Å². The maximum absolute atomic E-state index is 12.7. The van der Waals surface area contributed by atoms with Crippen molar-refractivity contribution >= 4 is 43.5 Å². The first-order chi connectivity index (χ1) is 13.3. The molecule has 2 aromatic rings. The molecule has 0 N–H and O–H groups in total. The molecule has 1 aliphatic heterocycles. The Labute approximate surface area is 178 Å². The summed E-state index contributed by atoms with van der Waals surface area (Å²) in [7, 11) is -3.55. The van der Waals surface area contributed by atoms with Gasteiger partial charge in [0, 0.05) is 30.7 Å². The molecule has 150 valence electrons. The lowest BCUT2D eigenvalue weighted by Gasteiger charge is -2.35. The molecule has 9 heteroatoms. The van der Waals surface area contributed by atoms with E-state index >= 15 is 0 Å². The lowest BCUT2D eigenvalue weighted by molar-refractivity contribution is -0.139. The molecule has 1 heterocycles. The maximum atomic E-state index is 12.7. The molecule has 0 radical (unpaired) electrons. The number of rotatable bonds is 5. The second-order valence-electron chi connectivity index (χ2n) is 6.38. The van der Waals surface area contributed by atoms with Crippen molar-refractivity contribution in [1.82, 2.24) is 9.21 Å². The van der Waals surface area contributed by atoms with E-state index in [2.05, 4.69) is 15.9 Å². The number of nitrogens with zero attached hydrogens (tertiary/aromatic N) is 2. The topological polar surface area (TPSA) is 66.9 Å². The zero-order valence-corrected chi connectivity index (χ0v) is 18.4. The van der Waals surface area contributed by atoms with Crippen LogP contribution in [0.5, 0.6) is 5.75 Å². The maximum Gasteiger partial charge on any atom is 0.263 e. The van der Waals surface area contributed by atoms with Crippen LogP contribution in [-0.2, 0) is 14.8 Å². The van der Waals surface area contributed by atoms with E-state index < -0.39 is 16.1 Å². The van der Waals surface area contributed by atoms with Gasteiger partial charge in [-0.3, -0.25) is 4.79 Å². The molecule has 0 aliphatic carbocycles. The molecule has 0 saturated carbocycles. The molecule has 1 fully saturated rings. The number of carbonyl (C=O) groups excluding carboxylic acids is 1. The predicted molar refractivity (Wildman–Crippen MR) is 111 cm³/mol. The molecule has 2 aromatic carbocycles. The second-order valence-corrected chi connectivity index (χ2v) is 9.64. The number of amides is 1. The van der Waals surface area contributed by atoms with Gasteiger partial charge >= 0.3 is 0 Å². The minimum Gasteiger partial charge on any atom is -0.479 e. The molecule has 1 atom stereocenters. The van der Waals surface area contributed by atoms with E-state index in [0.717, 1.165) is 4.47 Å². The van der Waals surface area contributed by atoms with Gasteiger partial charge in [0.2, 0.25) is 10.0 Å². The Morgan fingerprint density at radius 2 is 1.75 bits per heavy atom. The van der Waals surface area contributed by atoms with Crippen LogP contribution in [0.2, 0.25) is 5.02 Å². The third kappa shape index (κ3) is 4.68. The van der Waals surface area contributed by atoms with Crippen LogP contribution in [0.3, 0.4) is 0 Å². The van der Waals surface area contributed by atoms with Crippen LogP contribution in [0.25, 0.3) is 0 Å². The number of benzene rings is 2. The largest absolute Gasteiger partial charge is 0.479 e. The number of hydrogen-bond donors (Lipinski definition) is 0. The van der Waals surface area contributed by atoms with Gasteiger partial charge in [0.1, 0.15) is 5.75 Å². The molecule has 1 aliphatic rings. The van der Waals surface area contributed by atoms with Crippen LogP contribution in [0.4, 0.5) is 0 Å². The number of ether oxygens (including phenoxy) is 1. The van der Waals surface area contributed by atoms with Crippen molar-refractivity contribution in [2.24, 2.45) is 0 Å². The van der Waals surface area contributed by atoms with Crippen molar-refractivity contribution in [3.8, 4) is 5.75 Å². The first-order valence-electron chi connectivity index (χ1n) is 8.75. The standard InChI is InChI=1S/C19H20BrClN2O4S/c1-14(27-18-8-7-15(20)13-17(18)21)19(24)22-9-11-23(12-10-22)28(25,26)16-5-3-2-4-6-16/h2-8,13-14H,9-12H2,1H3/t14-/m1/s1. The summed E-state index contributed by atoms with van der Waals surface area (Å²) in [5.74, 6) is 0.228.